The number of nitrogens with one attached hydrogen (secondary N) is 1. The first-order chi connectivity index (χ1) is 14.7. The van der Waals surface area contributed by atoms with Crippen molar-refractivity contribution in [1.29, 1.82) is 0 Å². The van der Waals surface area contributed by atoms with Gasteiger partial charge in [-0.1, -0.05) is 6.07 Å². The molecule has 3 aromatic rings. The van der Waals surface area contributed by atoms with Crippen LogP contribution in [0.25, 0.3) is 11.0 Å². The van der Waals surface area contributed by atoms with Gasteiger partial charge < -0.3 is 9.88 Å². The highest BCUT2D eigenvalue weighted by Crippen LogP contribution is 2.34. The van der Waals surface area contributed by atoms with Crippen molar-refractivity contribution < 1.29 is 0 Å². The molecular weight excluding hydrogens is 372 g/mol. The third-order valence-electron chi connectivity index (χ3n) is 6.53. The summed E-state index contributed by atoms with van der Waals surface area (Å²) in [6, 6.07) is 6.88. The predicted octanol–water partition coefficient (Wildman–Crippen LogP) is 4.61. The molecule has 0 atom stereocenters. The van der Waals surface area contributed by atoms with Gasteiger partial charge in [0.15, 0.2) is 5.82 Å². The molecule has 30 heavy (non-hydrogen) atoms. The van der Waals surface area contributed by atoms with Crippen LogP contribution in [-0.2, 0) is 6.54 Å². The fourth-order valence-corrected chi connectivity index (χ4v) is 4.49. The topological polar surface area (TPSA) is 58.9 Å². The summed E-state index contributed by atoms with van der Waals surface area (Å²) in [7, 11) is 0. The molecule has 6 nitrogen and oxygen atoms in total. The minimum atomic E-state index is 0.392. The second-order valence-electron chi connectivity index (χ2n) is 9.25. The summed E-state index contributed by atoms with van der Waals surface area (Å²) in [6.07, 6.45) is 10.8. The van der Waals surface area contributed by atoms with Crippen LogP contribution in [0.1, 0.15) is 62.7 Å². The van der Waals surface area contributed by atoms with E-state index < -0.39 is 0 Å². The highest BCUT2D eigenvalue weighted by Gasteiger charge is 2.25. The molecule has 2 aliphatic rings. The van der Waals surface area contributed by atoms with Crippen molar-refractivity contribution in [3.8, 4) is 0 Å². The van der Waals surface area contributed by atoms with E-state index in [4.69, 9.17) is 9.97 Å². The fraction of sp³-hybridized carbons (Fsp3) is 0.542. The van der Waals surface area contributed by atoms with E-state index in [0.29, 0.717) is 12.0 Å². The first-order valence-corrected chi connectivity index (χ1v) is 11.4. The summed E-state index contributed by atoms with van der Waals surface area (Å²) in [6.45, 7) is 8.65. The minimum Gasteiger partial charge on any atom is -0.368 e. The molecule has 158 valence electrons. The average molecular weight is 405 g/mol. The normalized spacial score (nSPS) is 18.4. The molecule has 0 bridgehead atoms. The van der Waals surface area contributed by atoms with Gasteiger partial charge in [0.1, 0.15) is 5.52 Å². The number of aromatic nitrogens is 4. The quantitative estimate of drug-likeness (QED) is 0.623. The van der Waals surface area contributed by atoms with Crippen LogP contribution in [0.2, 0.25) is 0 Å². The molecule has 0 amide bonds. The highest BCUT2D eigenvalue weighted by atomic mass is 15.1. The maximum Gasteiger partial charge on any atom is 0.154 e. The first-order valence-electron chi connectivity index (χ1n) is 11.4. The lowest BCUT2D eigenvalue weighted by molar-refractivity contribution is 0.203. The van der Waals surface area contributed by atoms with Crippen molar-refractivity contribution in [3.63, 3.8) is 0 Å². The molecule has 0 aromatic carbocycles. The molecule has 0 radical (unpaired) electrons. The Hall–Kier alpha value is -2.47. The van der Waals surface area contributed by atoms with Crippen molar-refractivity contribution in [2.24, 2.45) is 5.92 Å². The lowest BCUT2D eigenvalue weighted by Gasteiger charge is -2.32. The monoisotopic (exact) mass is 404 g/mol. The van der Waals surface area contributed by atoms with Gasteiger partial charge in [0, 0.05) is 43.1 Å². The zero-order valence-corrected chi connectivity index (χ0v) is 18.1. The number of imidazole rings is 1. The van der Waals surface area contributed by atoms with Crippen molar-refractivity contribution in [2.75, 3.05) is 25.0 Å². The van der Waals surface area contributed by atoms with Crippen molar-refractivity contribution in [3.05, 3.63) is 48.2 Å². The summed E-state index contributed by atoms with van der Waals surface area (Å²) < 4.78 is 2.28. The third-order valence-corrected chi connectivity index (χ3v) is 6.53. The number of nitrogens with zero attached hydrogens (tertiary/aromatic N) is 5. The summed E-state index contributed by atoms with van der Waals surface area (Å²) >= 11 is 0. The number of rotatable bonds is 7. The zero-order chi connectivity index (χ0) is 20.5. The molecule has 2 fully saturated rings. The van der Waals surface area contributed by atoms with Gasteiger partial charge in [-0.05, 0) is 76.2 Å². The van der Waals surface area contributed by atoms with Crippen LogP contribution in [0.15, 0.2) is 36.9 Å². The first kappa shape index (κ1) is 19.5. The summed E-state index contributed by atoms with van der Waals surface area (Å²) in [5.74, 6) is 2.30. The van der Waals surface area contributed by atoms with Crippen molar-refractivity contribution >= 4 is 16.9 Å². The number of piperidine rings is 1. The zero-order valence-electron chi connectivity index (χ0n) is 18.1. The Bertz CT molecular complexity index is 984. The Morgan fingerprint density at radius 3 is 2.70 bits per heavy atom. The van der Waals surface area contributed by atoms with Crippen LogP contribution in [0, 0.1) is 5.92 Å². The summed E-state index contributed by atoms with van der Waals surface area (Å²) in [4.78, 5) is 16.6. The van der Waals surface area contributed by atoms with E-state index in [2.05, 4.69) is 45.7 Å². The van der Waals surface area contributed by atoms with Crippen LogP contribution in [0.4, 0.5) is 5.82 Å². The highest BCUT2D eigenvalue weighted by molar-refractivity contribution is 5.86. The maximum atomic E-state index is 5.09. The Balaban J connectivity index is 1.35. The number of likely N-dealkylation sites (tertiary alicyclic amines) is 1. The molecule has 4 heterocycles. The van der Waals surface area contributed by atoms with E-state index in [0.717, 1.165) is 56.3 Å². The van der Waals surface area contributed by atoms with Gasteiger partial charge in [-0.15, -0.1) is 0 Å². The van der Waals surface area contributed by atoms with Crippen molar-refractivity contribution in [1.82, 2.24) is 24.4 Å². The van der Waals surface area contributed by atoms with Crippen LogP contribution in [0.3, 0.4) is 0 Å². The number of hydrogen-bond donors (Lipinski definition) is 1. The molecule has 1 saturated heterocycles. The van der Waals surface area contributed by atoms with Crippen LogP contribution >= 0.6 is 0 Å². The SMILES string of the molecule is CC(C)n1cnc2c(NCC3CC3)nc(C3CCN(Cc4cccnc4)CC3)cc21. The van der Waals surface area contributed by atoms with E-state index in [1.807, 2.05) is 24.8 Å². The lowest BCUT2D eigenvalue weighted by atomic mass is 9.92. The minimum absolute atomic E-state index is 0.392. The second-order valence-corrected chi connectivity index (χ2v) is 9.25. The second kappa shape index (κ2) is 8.34. The third kappa shape index (κ3) is 4.19. The van der Waals surface area contributed by atoms with Gasteiger partial charge in [0.2, 0.25) is 0 Å². The Morgan fingerprint density at radius 1 is 1.17 bits per heavy atom. The number of pyridine rings is 2. The molecule has 1 saturated carbocycles. The van der Waals surface area contributed by atoms with Crippen molar-refractivity contribution in [2.45, 2.75) is 58.0 Å². The van der Waals surface area contributed by atoms with Gasteiger partial charge in [-0.25, -0.2) is 9.97 Å². The Labute approximate surface area is 178 Å². The molecule has 6 heteroatoms. The van der Waals surface area contributed by atoms with Gasteiger partial charge in [0.05, 0.1) is 11.8 Å². The van der Waals surface area contributed by atoms with Crippen LogP contribution < -0.4 is 5.32 Å². The molecule has 0 unspecified atom stereocenters. The molecule has 3 aromatic heterocycles. The lowest BCUT2D eigenvalue weighted by Crippen LogP contribution is -2.32. The van der Waals surface area contributed by atoms with Gasteiger partial charge in [-0.3, -0.25) is 9.88 Å². The predicted molar refractivity (Wildman–Crippen MR) is 121 cm³/mol. The van der Waals surface area contributed by atoms with Crippen LogP contribution in [0.5, 0.6) is 0 Å². The standard InChI is InChI=1S/C24H32N6/c1-17(2)30-16-27-23-22(30)12-21(28-24(23)26-14-18-5-6-18)20-7-10-29(11-8-20)15-19-4-3-9-25-13-19/h3-4,9,12-13,16-18,20H,5-8,10-11,14-15H2,1-2H3,(H,26,28). The Kier molecular flexibility index (Phi) is 5.42. The average Bonchev–Trinajstić information content (AvgIpc) is 3.49. The van der Waals surface area contributed by atoms with E-state index in [-0.39, 0.29) is 0 Å². The molecule has 0 spiro atoms. The largest absolute Gasteiger partial charge is 0.368 e. The molecule has 1 aliphatic carbocycles. The molecule has 1 N–H and O–H groups in total. The number of hydrogen-bond acceptors (Lipinski definition) is 5. The maximum absolute atomic E-state index is 5.09. The molecule has 5 rings (SSSR count). The van der Waals surface area contributed by atoms with E-state index in [9.17, 15) is 0 Å². The van der Waals surface area contributed by atoms with Gasteiger partial charge in [-0.2, -0.15) is 0 Å². The molecular formula is C24H32N6. The fourth-order valence-electron chi connectivity index (χ4n) is 4.49. The summed E-state index contributed by atoms with van der Waals surface area (Å²) in [5, 5.41) is 3.62. The van der Waals surface area contributed by atoms with E-state index >= 15 is 0 Å². The number of fused-ring (bicyclic) bond motifs is 1. The molecule has 1 aliphatic heterocycles. The van der Waals surface area contributed by atoms with E-state index in [1.165, 1.54) is 29.6 Å². The number of anilines is 1. The summed E-state index contributed by atoms with van der Waals surface area (Å²) in [5.41, 5.74) is 4.75. The Morgan fingerprint density at radius 2 is 2.00 bits per heavy atom. The van der Waals surface area contributed by atoms with Gasteiger partial charge >= 0.3 is 0 Å². The smallest absolute Gasteiger partial charge is 0.154 e. The van der Waals surface area contributed by atoms with Gasteiger partial charge in [0.25, 0.3) is 0 Å². The van der Waals surface area contributed by atoms with Crippen LogP contribution in [-0.4, -0.2) is 44.1 Å². The van der Waals surface area contributed by atoms with E-state index in [1.54, 1.807) is 0 Å².